The quantitative estimate of drug-likeness (QED) is 0.188. The molecule has 5 rings (SSSR count). The molecule has 3 amide bonds. The minimum Gasteiger partial charge on any atom is -0.545 e. The van der Waals surface area contributed by atoms with Crippen LogP contribution in [0.15, 0.2) is 84.9 Å². The number of hydrogen-bond acceptors (Lipinski definition) is 10. The van der Waals surface area contributed by atoms with Crippen LogP contribution in [0.3, 0.4) is 0 Å². The van der Waals surface area contributed by atoms with E-state index >= 15 is 0 Å². The number of benzene rings is 4. The molecule has 0 saturated carbocycles. The van der Waals surface area contributed by atoms with Gasteiger partial charge in [0.25, 0.3) is 23.4 Å². The fraction of sp³-hybridized carbons (Fsp3) is 0. The molecule has 208 valence electrons. The number of fused-ring (bicyclic) bond motifs is 1. The van der Waals surface area contributed by atoms with Crippen molar-refractivity contribution in [2.24, 2.45) is 0 Å². The number of aromatic carboxylic acids is 2. The number of amides is 3. The Balaban J connectivity index is 1.38. The molecule has 0 radical (unpaired) electrons. The Hall–Kier alpha value is -6.37. The molecule has 1 aliphatic rings. The Bertz CT molecular complexity index is 1820. The number of imide groups is 1. The molecule has 42 heavy (non-hydrogen) atoms. The summed E-state index contributed by atoms with van der Waals surface area (Å²) >= 11 is 0. The monoisotopic (exact) mass is 565 g/mol. The number of carbonyl (C=O) groups is 5. The van der Waals surface area contributed by atoms with Gasteiger partial charge in [-0.3, -0.25) is 24.5 Å². The Morgan fingerprint density at radius 3 is 2.02 bits per heavy atom. The molecule has 1 N–H and O–H groups in total. The lowest BCUT2D eigenvalue weighted by molar-refractivity contribution is -0.384. The standard InChI is InChI=1S/C29H17N3O10/c33-25(30-18-10-16(28(36)37)9-17(11-18)29(38)39)15-3-1-4-19(12-15)31-26(34)23-8-7-22(14-24(23)27(31)35)42-21-6-2-5-20(13-21)32(40)41/h1-14H,(H,30,33)(H,36,37)(H,38,39)/p-2. The fourth-order valence-electron chi connectivity index (χ4n) is 4.24. The number of non-ortho nitro benzene ring substituents is 1. The van der Waals surface area contributed by atoms with Crippen molar-refractivity contribution in [3.8, 4) is 11.5 Å². The highest BCUT2D eigenvalue weighted by atomic mass is 16.6. The second-order valence-corrected chi connectivity index (χ2v) is 8.89. The average Bonchev–Trinajstić information content (AvgIpc) is 3.21. The summed E-state index contributed by atoms with van der Waals surface area (Å²) in [5.41, 5.74) is -1.27. The molecule has 13 nitrogen and oxygen atoms in total. The Labute approximate surface area is 235 Å². The summed E-state index contributed by atoms with van der Waals surface area (Å²) in [6.45, 7) is 0. The number of carbonyl (C=O) groups excluding carboxylic acids is 5. The van der Waals surface area contributed by atoms with Gasteiger partial charge in [0.2, 0.25) is 0 Å². The predicted octanol–water partition coefficient (Wildman–Crippen LogP) is 2.17. The van der Waals surface area contributed by atoms with E-state index in [0.717, 1.165) is 23.1 Å². The summed E-state index contributed by atoms with van der Waals surface area (Å²) in [6.07, 6.45) is 0. The molecule has 1 aliphatic heterocycles. The highest BCUT2D eigenvalue weighted by Crippen LogP contribution is 2.33. The SMILES string of the molecule is O=C([O-])c1cc(NC(=O)c2cccc(N3C(=O)c4ccc(Oc5cccc([N+](=O)[O-])c5)cc4C3=O)c2)cc(C(=O)[O-])c1. The van der Waals surface area contributed by atoms with Gasteiger partial charge in [-0.05, 0) is 71.8 Å². The van der Waals surface area contributed by atoms with Crippen LogP contribution in [-0.2, 0) is 0 Å². The van der Waals surface area contributed by atoms with E-state index in [-0.39, 0.29) is 45.3 Å². The third-order valence-electron chi connectivity index (χ3n) is 6.15. The number of carboxylic acids is 2. The first-order valence-corrected chi connectivity index (χ1v) is 12.0. The first kappa shape index (κ1) is 27.2. The van der Waals surface area contributed by atoms with E-state index in [0.29, 0.717) is 0 Å². The fourth-order valence-corrected chi connectivity index (χ4v) is 4.24. The van der Waals surface area contributed by atoms with E-state index in [2.05, 4.69) is 5.32 Å². The van der Waals surface area contributed by atoms with Crippen LogP contribution in [0.4, 0.5) is 17.1 Å². The number of nitrogens with zero attached hydrogens (tertiary/aromatic N) is 2. The van der Waals surface area contributed by atoms with Crippen LogP contribution in [0.5, 0.6) is 11.5 Å². The van der Waals surface area contributed by atoms with E-state index < -0.39 is 45.7 Å². The van der Waals surface area contributed by atoms with Gasteiger partial charge >= 0.3 is 0 Å². The van der Waals surface area contributed by atoms with Gasteiger partial charge in [0.1, 0.15) is 11.5 Å². The van der Waals surface area contributed by atoms with Gasteiger partial charge in [0.05, 0.1) is 39.7 Å². The number of rotatable bonds is 8. The van der Waals surface area contributed by atoms with Gasteiger partial charge in [-0.1, -0.05) is 12.1 Å². The van der Waals surface area contributed by atoms with Crippen molar-refractivity contribution in [2.75, 3.05) is 10.2 Å². The van der Waals surface area contributed by atoms with Crippen LogP contribution in [0.2, 0.25) is 0 Å². The molecule has 0 spiro atoms. The van der Waals surface area contributed by atoms with Gasteiger partial charge in [-0.25, -0.2) is 4.90 Å². The average molecular weight is 565 g/mol. The molecule has 0 fully saturated rings. The number of carboxylic acid groups (broad SMARTS) is 2. The Morgan fingerprint density at radius 2 is 1.36 bits per heavy atom. The molecule has 1 heterocycles. The maximum atomic E-state index is 13.3. The predicted molar refractivity (Wildman–Crippen MR) is 140 cm³/mol. The second-order valence-electron chi connectivity index (χ2n) is 8.89. The van der Waals surface area contributed by atoms with Crippen molar-refractivity contribution in [3.63, 3.8) is 0 Å². The van der Waals surface area contributed by atoms with Crippen LogP contribution in [0.1, 0.15) is 51.8 Å². The van der Waals surface area contributed by atoms with Gasteiger partial charge in [-0.15, -0.1) is 0 Å². The summed E-state index contributed by atoms with van der Waals surface area (Å²) in [6, 6.07) is 17.8. The maximum Gasteiger partial charge on any atom is 0.273 e. The Kier molecular flexibility index (Phi) is 6.90. The highest BCUT2D eigenvalue weighted by molar-refractivity contribution is 6.34. The largest absolute Gasteiger partial charge is 0.545 e. The molecular formula is C29H15N3O10-2. The third-order valence-corrected chi connectivity index (χ3v) is 6.15. The van der Waals surface area contributed by atoms with E-state index in [9.17, 15) is 44.3 Å². The zero-order valence-electron chi connectivity index (χ0n) is 21.1. The minimum absolute atomic E-state index is 0.00619. The maximum absolute atomic E-state index is 13.3. The van der Waals surface area contributed by atoms with Crippen molar-refractivity contribution in [1.29, 1.82) is 0 Å². The molecule has 4 aromatic carbocycles. The zero-order chi connectivity index (χ0) is 30.1. The number of ether oxygens (including phenoxy) is 1. The smallest absolute Gasteiger partial charge is 0.273 e. The summed E-state index contributed by atoms with van der Waals surface area (Å²) in [5, 5.41) is 35.9. The number of nitro benzene ring substituents is 1. The van der Waals surface area contributed by atoms with Crippen LogP contribution in [0, 0.1) is 10.1 Å². The topological polar surface area (TPSA) is 199 Å². The Morgan fingerprint density at radius 1 is 0.714 bits per heavy atom. The number of hydrogen-bond donors (Lipinski definition) is 1. The number of nitro groups is 1. The van der Waals surface area contributed by atoms with Crippen LogP contribution < -0.4 is 25.2 Å². The summed E-state index contributed by atoms with van der Waals surface area (Å²) in [5.74, 6) is -5.21. The van der Waals surface area contributed by atoms with Gasteiger partial charge < -0.3 is 29.9 Å². The van der Waals surface area contributed by atoms with Gasteiger partial charge in [-0.2, -0.15) is 0 Å². The summed E-state index contributed by atoms with van der Waals surface area (Å²) in [4.78, 5) is 73.1. The molecule has 0 unspecified atom stereocenters. The first-order valence-electron chi connectivity index (χ1n) is 12.0. The normalized spacial score (nSPS) is 12.0. The molecule has 0 aromatic heterocycles. The van der Waals surface area contributed by atoms with Crippen LogP contribution >= 0.6 is 0 Å². The lowest BCUT2D eigenvalue weighted by atomic mass is 10.1. The van der Waals surface area contributed by atoms with E-state index in [1.165, 1.54) is 66.7 Å². The van der Waals surface area contributed by atoms with E-state index in [1.807, 2.05) is 0 Å². The molecule has 0 atom stereocenters. The summed E-state index contributed by atoms with van der Waals surface area (Å²) < 4.78 is 5.65. The van der Waals surface area contributed by atoms with Crippen molar-refractivity contribution in [3.05, 3.63) is 123 Å². The van der Waals surface area contributed by atoms with Crippen molar-refractivity contribution < 1.29 is 43.8 Å². The van der Waals surface area contributed by atoms with E-state index in [4.69, 9.17) is 4.74 Å². The van der Waals surface area contributed by atoms with Crippen molar-refractivity contribution >= 4 is 46.7 Å². The number of nitrogens with one attached hydrogen (secondary N) is 1. The highest BCUT2D eigenvalue weighted by Gasteiger charge is 2.37. The van der Waals surface area contributed by atoms with Crippen LogP contribution in [0.25, 0.3) is 0 Å². The van der Waals surface area contributed by atoms with Gasteiger partial charge in [0, 0.05) is 17.3 Å². The van der Waals surface area contributed by atoms with Crippen LogP contribution in [-0.4, -0.2) is 34.6 Å². The first-order chi connectivity index (χ1) is 20.0. The number of anilines is 2. The molecule has 13 heteroatoms. The second kappa shape index (κ2) is 10.7. The lowest BCUT2D eigenvalue weighted by Gasteiger charge is -2.15. The molecular weight excluding hydrogens is 550 g/mol. The summed E-state index contributed by atoms with van der Waals surface area (Å²) in [7, 11) is 0. The van der Waals surface area contributed by atoms with Gasteiger partial charge in [0.15, 0.2) is 0 Å². The minimum atomic E-state index is -1.67. The lowest BCUT2D eigenvalue weighted by Crippen LogP contribution is -2.29. The third kappa shape index (κ3) is 5.24. The van der Waals surface area contributed by atoms with Crippen molar-refractivity contribution in [2.45, 2.75) is 0 Å². The van der Waals surface area contributed by atoms with Crippen molar-refractivity contribution in [1.82, 2.24) is 0 Å². The molecule has 4 aromatic rings. The van der Waals surface area contributed by atoms with E-state index in [1.54, 1.807) is 0 Å². The molecule has 0 aliphatic carbocycles. The molecule has 0 saturated heterocycles. The zero-order valence-corrected chi connectivity index (χ0v) is 21.1. The molecule has 0 bridgehead atoms.